The van der Waals surface area contributed by atoms with E-state index in [0.717, 1.165) is 46.3 Å². The molecule has 0 amide bonds. The smallest absolute Gasteiger partial charge is 0.259 e. The van der Waals surface area contributed by atoms with E-state index in [9.17, 15) is 5.26 Å². The second-order valence-electron chi connectivity index (χ2n) is 14.3. The lowest BCUT2D eigenvalue weighted by atomic mass is 9.80. The zero-order valence-electron chi connectivity index (χ0n) is 32.8. The van der Waals surface area contributed by atoms with E-state index in [1.807, 2.05) is 82.5 Å². The van der Waals surface area contributed by atoms with E-state index in [0.29, 0.717) is 18.8 Å². The third-order valence-corrected chi connectivity index (χ3v) is 12.3. The molecule has 4 heterocycles. The summed E-state index contributed by atoms with van der Waals surface area (Å²) in [5, 5.41) is 9.38. The van der Waals surface area contributed by atoms with Crippen molar-refractivity contribution in [2.75, 3.05) is 40.5 Å². The molecule has 0 saturated carbocycles. The molecule has 4 aromatic rings. The Morgan fingerprint density at radius 3 is 2.18 bits per heavy atom. The van der Waals surface area contributed by atoms with Gasteiger partial charge >= 0.3 is 0 Å². The predicted molar refractivity (Wildman–Crippen MR) is 215 cm³/mol. The molecule has 3 aliphatic rings. The Labute approximate surface area is 330 Å². The summed E-state index contributed by atoms with van der Waals surface area (Å²) in [6.45, 7) is 10.4. The standard InChI is InChI=1S/C42H50N7O6P/c1-29(2)49(30(3)4)56(53-24-10-21-43)55-36-25-38(48-28-45-39-40-44-22-23-47(40)27-46-41(39)48)54-37(36)26-52-42(31-11-8-7-9-12-31,32-13-17-34(50-5)18-14-32)33-15-19-35(51-6)20-16-33/h7-9,11-20,27-30,36-38H,10,22-26H2,1-6H3/t36-,37+,38+,56?/m0/s1. The van der Waals surface area contributed by atoms with Gasteiger partial charge in [0, 0.05) is 25.0 Å². The molecule has 1 saturated heterocycles. The molecule has 0 radical (unpaired) electrons. The second-order valence-corrected chi connectivity index (χ2v) is 15.7. The highest BCUT2D eigenvalue weighted by Crippen LogP contribution is 2.51. The molecule has 1 aromatic heterocycles. The lowest BCUT2D eigenvalue weighted by Gasteiger charge is -2.39. The van der Waals surface area contributed by atoms with Crippen molar-refractivity contribution in [3.05, 3.63) is 108 Å². The summed E-state index contributed by atoms with van der Waals surface area (Å²) < 4.78 is 43.1. The van der Waals surface area contributed by atoms with Crippen molar-refractivity contribution in [3.8, 4) is 17.6 Å². The van der Waals surface area contributed by atoms with E-state index >= 15 is 0 Å². The van der Waals surface area contributed by atoms with E-state index in [1.165, 1.54) is 0 Å². The lowest BCUT2D eigenvalue weighted by molar-refractivity contribution is -0.0915. The Morgan fingerprint density at radius 1 is 0.929 bits per heavy atom. The van der Waals surface area contributed by atoms with Gasteiger partial charge in [0.2, 0.25) is 0 Å². The summed E-state index contributed by atoms with van der Waals surface area (Å²) in [4.78, 5) is 16.3. The molecule has 1 unspecified atom stereocenters. The number of imidazole rings is 1. The van der Waals surface area contributed by atoms with Crippen molar-refractivity contribution < 1.29 is 28.0 Å². The number of nitriles is 1. The predicted octanol–water partition coefficient (Wildman–Crippen LogP) is 7.59. The molecule has 3 aliphatic heterocycles. The quantitative estimate of drug-likeness (QED) is 0.0601. The highest BCUT2D eigenvalue weighted by Gasteiger charge is 2.46. The summed E-state index contributed by atoms with van der Waals surface area (Å²) in [6, 6.07) is 28.6. The number of amidine groups is 1. The van der Waals surface area contributed by atoms with Gasteiger partial charge in [0.25, 0.3) is 8.53 Å². The molecule has 4 atom stereocenters. The van der Waals surface area contributed by atoms with Crippen molar-refractivity contribution in [3.63, 3.8) is 0 Å². The van der Waals surface area contributed by atoms with Crippen LogP contribution in [0.3, 0.4) is 0 Å². The molecule has 0 N–H and O–H groups in total. The first kappa shape index (κ1) is 39.6. The van der Waals surface area contributed by atoms with Gasteiger partial charge < -0.3 is 32.9 Å². The number of methoxy groups -OCH3 is 2. The zero-order chi connectivity index (χ0) is 39.2. The van der Waals surface area contributed by atoms with Gasteiger partial charge in [-0.2, -0.15) is 5.26 Å². The van der Waals surface area contributed by atoms with Crippen LogP contribution in [0.5, 0.6) is 11.5 Å². The lowest BCUT2D eigenvalue weighted by Crippen LogP contribution is -2.39. The van der Waals surface area contributed by atoms with Crippen LogP contribution in [-0.2, 0) is 24.1 Å². The van der Waals surface area contributed by atoms with Gasteiger partial charge in [-0.1, -0.05) is 54.6 Å². The number of rotatable bonds is 17. The van der Waals surface area contributed by atoms with Crippen molar-refractivity contribution in [1.29, 1.82) is 5.26 Å². The molecular formula is C42H50N7O6P. The van der Waals surface area contributed by atoms with Crippen LogP contribution in [0, 0.1) is 11.3 Å². The van der Waals surface area contributed by atoms with Gasteiger partial charge in [0.1, 0.15) is 29.4 Å². The molecule has 1 fully saturated rings. The van der Waals surface area contributed by atoms with Gasteiger partial charge in [-0.05, 0) is 68.7 Å². The number of nitrogens with zero attached hydrogens (tertiary/aromatic N) is 7. The fraction of sp³-hybridized carbons (Fsp3) is 0.429. The van der Waals surface area contributed by atoms with Crippen LogP contribution < -0.4 is 9.47 Å². The van der Waals surface area contributed by atoms with Crippen molar-refractivity contribution in [2.24, 2.45) is 9.98 Å². The first-order valence-corrected chi connectivity index (χ1v) is 20.2. The second kappa shape index (κ2) is 17.6. The number of fused-ring (bicyclic) bond motifs is 3. The first-order chi connectivity index (χ1) is 27.3. The Bertz CT molecular complexity index is 1960. The minimum Gasteiger partial charge on any atom is -0.497 e. The summed E-state index contributed by atoms with van der Waals surface area (Å²) >= 11 is 0. The number of aromatic nitrogens is 2. The highest BCUT2D eigenvalue weighted by molar-refractivity contribution is 7.44. The molecule has 7 rings (SSSR count). The zero-order valence-corrected chi connectivity index (χ0v) is 33.7. The minimum absolute atomic E-state index is 0.122. The van der Waals surface area contributed by atoms with E-state index in [2.05, 4.69) is 50.6 Å². The monoisotopic (exact) mass is 779 g/mol. The Morgan fingerprint density at radius 2 is 1.57 bits per heavy atom. The van der Waals surface area contributed by atoms with Crippen LogP contribution in [0.2, 0.25) is 0 Å². The first-order valence-electron chi connectivity index (χ1n) is 19.1. The summed E-state index contributed by atoms with van der Waals surface area (Å²) in [6.07, 6.45) is 2.87. The average molecular weight is 780 g/mol. The topological polar surface area (TPSA) is 128 Å². The van der Waals surface area contributed by atoms with Crippen LogP contribution in [0.25, 0.3) is 0 Å². The number of hydrogen-bond acceptors (Lipinski definition) is 12. The van der Waals surface area contributed by atoms with Crippen LogP contribution in [-0.4, -0.2) is 96.1 Å². The van der Waals surface area contributed by atoms with Gasteiger partial charge in [0.15, 0.2) is 17.3 Å². The highest BCUT2D eigenvalue weighted by atomic mass is 31.2. The van der Waals surface area contributed by atoms with Crippen LogP contribution in [0.15, 0.2) is 95.2 Å². The van der Waals surface area contributed by atoms with Gasteiger partial charge in [-0.15, -0.1) is 0 Å². The number of ether oxygens (including phenoxy) is 4. The summed E-state index contributed by atoms with van der Waals surface area (Å²) in [7, 11) is 1.73. The van der Waals surface area contributed by atoms with Crippen molar-refractivity contribution in [2.45, 2.75) is 76.7 Å². The van der Waals surface area contributed by atoms with E-state index in [1.54, 1.807) is 20.5 Å². The minimum atomic E-state index is -1.59. The molecule has 13 nitrogen and oxygen atoms in total. The van der Waals surface area contributed by atoms with Crippen molar-refractivity contribution in [1.82, 2.24) is 19.1 Å². The maximum Gasteiger partial charge on any atom is 0.259 e. The number of hydrogen-bond donors (Lipinski definition) is 0. The summed E-state index contributed by atoms with van der Waals surface area (Å²) in [5.41, 5.74) is 2.43. The molecular weight excluding hydrogens is 729 g/mol. The maximum absolute atomic E-state index is 9.38. The fourth-order valence-corrected chi connectivity index (χ4v) is 9.34. The van der Waals surface area contributed by atoms with Gasteiger partial charge in [-0.3, -0.25) is 9.56 Å². The molecule has 294 valence electrons. The number of benzene rings is 3. The van der Waals surface area contributed by atoms with E-state index in [-0.39, 0.29) is 31.7 Å². The SMILES string of the molecule is COc1ccc(C(OC[C@H]2O[C@@H](n3cnc4c3N=CN3CCN=C43)C[C@@H]2OP(OCCC#N)N(C(C)C)C(C)C)(c2ccccc2)c2ccc(OC)cc2)cc1. The molecule has 0 aliphatic carbocycles. The Balaban J connectivity index is 1.29. The summed E-state index contributed by atoms with van der Waals surface area (Å²) in [5.74, 6) is 3.00. The molecule has 0 bridgehead atoms. The van der Waals surface area contributed by atoms with E-state index < -0.39 is 32.6 Å². The number of aliphatic imine (C=N–C) groups is 2. The van der Waals surface area contributed by atoms with Crippen LogP contribution in [0.1, 0.15) is 69.1 Å². The Hall–Kier alpha value is -4.67. The molecule has 0 spiro atoms. The van der Waals surface area contributed by atoms with Gasteiger partial charge in [-0.25, -0.2) is 14.6 Å². The molecule has 14 heteroatoms. The largest absolute Gasteiger partial charge is 0.497 e. The molecule has 3 aromatic carbocycles. The maximum atomic E-state index is 9.38. The third-order valence-electron chi connectivity index (χ3n) is 10.2. The van der Waals surface area contributed by atoms with Crippen molar-refractivity contribution >= 4 is 26.5 Å². The molecule has 56 heavy (non-hydrogen) atoms. The van der Waals surface area contributed by atoms with Crippen LogP contribution >= 0.6 is 8.53 Å². The normalized spacial score (nSPS) is 19.6. The van der Waals surface area contributed by atoms with E-state index in [4.69, 9.17) is 43.0 Å². The third kappa shape index (κ3) is 7.96. The Kier molecular flexibility index (Phi) is 12.5. The van der Waals surface area contributed by atoms with Crippen LogP contribution in [0.4, 0.5) is 5.82 Å². The van der Waals surface area contributed by atoms with Gasteiger partial charge in [0.05, 0.1) is 65.2 Å². The fourth-order valence-electron chi connectivity index (χ4n) is 7.58. The average Bonchev–Trinajstić information content (AvgIpc) is 3.97.